The highest BCUT2D eigenvalue weighted by Gasteiger charge is 2.08. The summed E-state index contributed by atoms with van der Waals surface area (Å²) in [5.41, 5.74) is 2.23. The molecule has 0 fully saturated rings. The number of nitrogens with zero attached hydrogens (tertiary/aromatic N) is 1. The van der Waals surface area contributed by atoms with Crippen molar-refractivity contribution in [3.05, 3.63) is 29.8 Å². The third-order valence-corrected chi connectivity index (χ3v) is 1.66. The number of rotatable bonds is 2. The molecule has 0 aliphatic heterocycles. The summed E-state index contributed by atoms with van der Waals surface area (Å²) in [4.78, 5) is 3.89. The second-order valence-corrected chi connectivity index (χ2v) is 2.69. The normalized spacial score (nSPS) is 11.3. The molecular formula is C9H12F2N4. The molecule has 0 saturated carbocycles. The Morgan fingerprint density at radius 2 is 2.20 bits per heavy atom. The van der Waals surface area contributed by atoms with Crippen LogP contribution >= 0.6 is 0 Å². The van der Waals surface area contributed by atoms with Crippen molar-refractivity contribution in [1.82, 2.24) is 5.43 Å². The quantitative estimate of drug-likeness (QED) is 0.300. The van der Waals surface area contributed by atoms with E-state index < -0.39 is 11.6 Å². The van der Waals surface area contributed by atoms with Crippen molar-refractivity contribution in [2.24, 2.45) is 10.8 Å². The maximum atomic E-state index is 13.2. The highest BCUT2D eigenvalue weighted by Crippen LogP contribution is 2.15. The van der Waals surface area contributed by atoms with Gasteiger partial charge in [0.05, 0.1) is 5.69 Å². The van der Waals surface area contributed by atoms with Crippen LogP contribution in [0.3, 0.4) is 0 Å². The summed E-state index contributed by atoms with van der Waals surface area (Å²) in [5.74, 6) is 3.43. The molecule has 0 aliphatic carbocycles. The van der Waals surface area contributed by atoms with Gasteiger partial charge in [-0.3, -0.25) is 10.4 Å². The Morgan fingerprint density at radius 1 is 1.47 bits per heavy atom. The van der Waals surface area contributed by atoms with Gasteiger partial charge in [0.1, 0.15) is 0 Å². The molecule has 0 amide bonds. The molecule has 0 radical (unpaired) electrons. The summed E-state index contributed by atoms with van der Waals surface area (Å²) >= 11 is 0. The fraction of sp³-hybridized carbons (Fsp3) is 0.222. The highest BCUT2D eigenvalue weighted by atomic mass is 19.2. The molecule has 82 valence electrons. The fourth-order valence-electron chi connectivity index (χ4n) is 1.01. The lowest BCUT2D eigenvalue weighted by atomic mass is 10.3. The lowest BCUT2D eigenvalue weighted by Gasteiger charge is -2.09. The fourth-order valence-corrected chi connectivity index (χ4v) is 1.01. The summed E-state index contributed by atoms with van der Waals surface area (Å²) in [6.07, 6.45) is 0. The molecule has 1 aromatic carbocycles. The molecule has 1 aromatic rings. The molecule has 0 heterocycles. The largest absolute Gasteiger partial charge is 0.323 e. The van der Waals surface area contributed by atoms with E-state index in [0.29, 0.717) is 6.54 Å². The minimum atomic E-state index is -0.962. The Hall–Kier alpha value is -1.69. The third-order valence-electron chi connectivity index (χ3n) is 1.66. The van der Waals surface area contributed by atoms with Gasteiger partial charge in [-0.25, -0.2) is 14.6 Å². The predicted octanol–water partition coefficient (Wildman–Crippen LogP) is 1.22. The zero-order chi connectivity index (χ0) is 11.3. The Labute approximate surface area is 86.2 Å². The number of aliphatic imine (C=N–C) groups is 1. The standard InChI is InChI=1S/C9H12F2N4/c1-2-13-9(15-12)14-7-5-3-4-6(10)8(7)11/h3-5H,2,12H2,1H3,(H2,13,14,15). The van der Waals surface area contributed by atoms with E-state index >= 15 is 0 Å². The maximum Gasteiger partial charge on any atom is 0.210 e. The molecule has 0 spiro atoms. The van der Waals surface area contributed by atoms with E-state index in [1.807, 2.05) is 0 Å². The van der Waals surface area contributed by atoms with Gasteiger partial charge in [0.25, 0.3) is 0 Å². The molecule has 0 aliphatic rings. The molecule has 15 heavy (non-hydrogen) atoms. The maximum absolute atomic E-state index is 13.2. The minimum absolute atomic E-state index is 0.0137. The number of hydrazine groups is 1. The summed E-state index contributed by atoms with van der Waals surface area (Å²) in [7, 11) is 0. The number of hydrogen-bond acceptors (Lipinski definition) is 2. The number of nitrogens with one attached hydrogen (secondary N) is 2. The summed E-state index contributed by atoms with van der Waals surface area (Å²) < 4.78 is 26.0. The van der Waals surface area contributed by atoms with Crippen molar-refractivity contribution in [3.63, 3.8) is 0 Å². The topological polar surface area (TPSA) is 62.4 Å². The van der Waals surface area contributed by atoms with Crippen LogP contribution in [0, 0.1) is 11.6 Å². The van der Waals surface area contributed by atoms with Crippen LogP contribution in [0.2, 0.25) is 0 Å². The number of halogens is 2. The van der Waals surface area contributed by atoms with Crippen LogP contribution in [-0.4, -0.2) is 12.5 Å². The first-order chi connectivity index (χ1) is 7.19. The van der Waals surface area contributed by atoms with Crippen molar-refractivity contribution in [2.45, 2.75) is 6.92 Å². The molecular weight excluding hydrogens is 202 g/mol. The smallest absolute Gasteiger partial charge is 0.210 e. The second kappa shape index (κ2) is 5.26. The van der Waals surface area contributed by atoms with Gasteiger partial charge in [0.2, 0.25) is 5.96 Å². The molecule has 0 bridgehead atoms. The third kappa shape index (κ3) is 2.88. The molecule has 4 nitrogen and oxygen atoms in total. The van der Waals surface area contributed by atoms with Crippen LogP contribution in [0.25, 0.3) is 0 Å². The van der Waals surface area contributed by atoms with Gasteiger partial charge in [0.15, 0.2) is 11.6 Å². The number of benzene rings is 1. The van der Waals surface area contributed by atoms with Crippen LogP contribution in [0.4, 0.5) is 14.5 Å². The van der Waals surface area contributed by atoms with Crippen LogP contribution in [0.1, 0.15) is 6.92 Å². The molecule has 0 aromatic heterocycles. The van der Waals surface area contributed by atoms with Gasteiger partial charge < -0.3 is 5.32 Å². The molecule has 1 rings (SSSR count). The average Bonchev–Trinajstić information content (AvgIpc) is 2.24. The summed E-state index contributed by atoms with van der Waals surface area (Å²) in [6, 6.07) is 3.81. The first kappa shape index (κ1) is 11.4. The van der Waals surface area contributed by atoms with Gasteiger partial charge in [0, 0.05) is 6.54 Å². The van der Waals surface area contributed by atoms with Crippen LogP contribution in [0.5, 0.6) is 0 Å². The van der Waals surface area contributed by atoms with Crippen molar-refractivity contribution in [3.8, 4) is 0 Å². The lowest BCUT2D eigenvalue weighted by Crippen LogP contribution is -2.36. The molecule has 6 heteroatoms. The Balaban J connectivity index is 2.88. The van der Waals surface area contributed by atoms with E-state index in [4.69, 9.17) is 5.84 Å². The molecule has 0 unspecified atom stereocenters. The zero-order valence-corrected chi connectivity index (χ0v) is 8.22. The Kier molecular flexibility index (Phi) is 3.99. The van der Waals surface area contributed by atoms with E-state index in [-0.39, 0.29) is 11.6 Å². The Bertz CT molecular complexity index is 365. The van der Waals surface area contributed by atoms with Gasteiger partial charge in [-0.05, 0) is 19.1 Å². The molecule has 0 atom stereocenters. The second-order valence-electron chi connectivity index (χ2n) is 2.69. The molecule has 0 saturated heterocycles. The predicted molar refractivity (Wildman–Crippen MR) is 55.3 cm³/mol. The first-order valence-electron chi connectivity index (χ1n) is 4.41. The highest BCUT2D eigenvalue weighted by molar-refractivity contribution is 5.93. The lowest BCUT2D eigenvalue weighted by molar-refractivity contribution is 0.512. The van der Waals surface area contributed by atoms with E-state index in [1.54, 1.807) is 6.92 Å². The number of guanidine groups is 1. The van der Waals surface area contributed by atoms with E-state index in [0.717, 1.165) is 6.07 Å². The summed E-state index contributed by atoms with van der Waals surface area (Å²) in [6.45, 7) is 2.27. The van der Waals surface area contributed by atoms with Gasteiger partial charge in [-0.2, -0.15) is 0 Å². The van der Waals surface area contributed by atoms with Gasteiger partial charge >= 0.3 is 0 Å². The van der Waals surface area contributed by atoms with Crippen molar-refractivity contribution < 1.29 is 8.78 Å². The van der Waals surface area contributed by atoms with Crippen molar-refractivity contribution >= 4 is 11.6 Å². The van der Waals surface area contributed by atoms with Crippen molar-refractivity contribution in [2.75, 3.05) is 11.9 Å². The molecule has 4 N–H and O–H groups in total. The van der Waals surface area contributed by atoms with Crippen molar-refractivity contribution in [1.29, 1.82) is 0 Å². The number of anilines is 1. The minimum Gasteiger partial charge on any atom is -0.323 e. The Morgan fingerprint density at radius 3 is 2.80 bits per heavy atom. The van der Waals surface area contributed by atoms with Crippen LogP contribution in [0.15, 0.2) is 23.2 Å². The van der Waals surface area contributed by atoms with E-state index in [9.17, 15) is 8.78 Å². The van der Waals surface area contributed by atoms with Gasteiger partial charge in [-0.1, -0.05) is 6.07 Å². The SMILES string of the molecule is CCN=C(NN)Nc1cccc(F)c1F. The monoisotopic (exact) mass is 214 g/mol. The average molecular weight is 214 g/mol. The van der Waals surface area contributed by atoms with E-state index in [1.165, 1.54) is 12.1 Å². The first-order valence-corrected chi connectivity index (χ1v) is 4.41. The van der Waals surface area contributed by atoms with Crippen LogP contribution < -0.4 is 16.6 Å². The van der Waals surface area contributed by atoms with Crippen LogP contribution in [-0.2, 0) is 0 Å². The number of hydrogen-bond donors (Lipinski definition) is 3. The van der Waals surface area contributed by atoms with Gasteiger partial charge in [-0.15, -0.1) is 0 Å². The summed E-state index contributed by atoms with van der Waals surface area (Å²) in [5, 5.41) is 2.54. The zero-order valence-electron chi connectivity index (χ0n) is 8.22. The van der Waals surface area contributed by atoms with E-state index in [2.05, 4.69) is 15.7 Å². The number of nitrogens with two attached hydrogens (primary N) is 1.